The van der Waals surface area contributed by atoms with Crippen molar-refractivity contribution < 1.29 is 9.90 Å². The first-order valence-electron chi connectivity index (χ1n) is 9.23. The third kappa shape index (κ3) is 7.30. The highest BCUT2D eigenvalue weighted by molar-refractivity contribution is 7.10. The number of hydrogen-bond donors (Lipinski definition) is 4. The second-order valence-electron chi connectivity index (χ2n) is 6.22. The van der Waals surface area contributed by atoms with Crippen LogP contribution < -0.4 is 16.0 Å². The smallest absolute Gasteiger partial charge is 0.251 e. The molecular formula is C20H28N4O2S. The summed E-state index contributed by atoms with van der Waals surface area (Å²) >= 11 is 1.76. The Morgan fingerprint density at radius 2 is 2.00 bits per heavy atom. The van der Waals surface area contributed by atoms with E-state index in [0.29, 0.717) is 24.6 Å². The van der Waals surface area contributed by atoms with E-state index in [1.54, 1.807) is 29.5 Å². The average Bonchev–Trinajstić information content (AvgIpc) is 3.20. The van der Waals surface area contributed by atoms with E-state index >= 15 is 0 Å². The highest BCUT2D eigenvalue weighted by atomic mass is 32.1. The number of benzene rings is 1. The van der Waals surface area contributed by atoms with Crippen molar-refractivity contribution in [2.24, 2.45) is 4.99 Å². The summed E-state index contributed by atoms with van der Waals surface area (Å²) in [7, 11) is 0. The fourth-order valence-corrected chi connectivity index (χ4v) is 3.26. The maximum atomic E-state index is 12.0. The number of thiophene rings is 1. The number of aromatic hydroxyl groups is 1. The number of aliphatic imine (C=N–C) groups is 1. The Morgan fingerprint density at radius 1 is 1.19 bits per heavy atom. The SMILES string of the molecule is CCNC(=NCC(C)c1cccs1)NCCCNC(=O)c1cccc(O)c1. The van der Waals surface area contributed by atoms with Crippen LogP contribution in [0.25, 0.3) is 0 Å². The van der Waals surface area contributed by atoms with Crippen LogP contribution in [0.1, 0.15) is 41.4 Å². The summed E-state index contributed by atoms with van der Waals surface area (Å²) in [5, 5.41) is 20.9. The van der Waals surface area contributed by atoms with E-state index in [9.17, 15) is 9.90 Å². The second-order valence-corrected chi connectivity index (χ2v) is 7.20. The van der Waals surface area contributed by atoms with Gasteiger partial charge in [0, 0.05) is 36.0 Å². The summed E-state index contributed by atoms with van der Waals surface area (Å²) in [4.78, 5) is 18.0. The maximum absolute atomic E-state index is 12.0. The molecule has 6 nitrogen and oxygen atoms in total. The third-order valence-corrected chi connectivity index (χ3v) is 5.04. The molecule has 0 saturated carbocycles. The van der Waals surface area contributed by atoms with Crippen molar-refractivity contribution in [2.75, 3.05) is 26.2 Å². The van der Waals surface area contributed by atoms with Gasteiger partial charge in [-0.1, -0.05) is 19.1 Å². The summed E-state index contributed by atoms with van der Waals surface area (Å²) in [5.41, 5.74) is 0.459. The molecule has 0 radical (unpaired) electrons. The average molecular weight is 389 g/mol. The quantitative estimate of drug-likeness (QED) is 0.302. The van der Waals surface area contributed by atoms with Crippen molar-refractivity contribution in [3.8, 4) is 5.75 Å². The van der Waals surface area contributed by atoms with Crippen LogP contribution in [0, 0.1) is 0 Å². The molecular weight excluding hydrogens is 360 g/mol. The van der Waals surface area contributed by atoms with Gasteiger partial charge in [-0.05, 0) is 43.0 Å². The van der Waals surface area contributed by atoms with Crippen molar-refractivity contribution in [3.05, 3.63) is 52.2 Å². The summed E-state index contributed by atoms with van der Waals surface area (Å²) in [6, 6.07) is 10.5. The van der Waals surface area contributed by atoms with Crippen LogP contribution in [0.15, 0.2) is 46.8 Å². The third-order valence-electron chi connectivity index (χ3n) is 3.94. The zero-order chi connectivity index (χ0) is 19.5. The molecule has 146 valence electrons. The minimum absolute atomic E-state index is 0.0904. The van der Waals surface area contributed by atoms with Gasteiger partial charge in [-0.15, -0.1) is 11.3 Å². The number of guanidine groups is 1. The molecule has 0 aliphatic rings. The van der Waals surface area contributed by atoms with E-state index in [2.05, 4.69) is 45.4 Å². The summed E-state index contributed by atoms with van der Waals surface area (Å²) in [6.45, 7) is 6.99. The molecule has 1 amide bonds. The fourth-order valence-electron chi connectivity index (χ4n) is 2.48. The zero-order valence-electron chi connectivity index (χ0n) is 15.9. The van der Waals surface area contributed by atoms with Gasteiger partial charge in [0.15, 0.2) is 5.96 Å². The van der Waals surface area contributed by atoms with Gasteiger partial charge in [-0.3, -0.25) is 9.79 Å². The van der Waals surface area contributed by atoms with Crippen LogP contribution in [0.2, 0.25) is 0 Å². The van der Waals surface area contributed by atoms with Crippen molar-refractivity contribution in [1.82, 2.24) is 16.0 Å². The van der Waals surface area contributed by atoms with Gasteiger partial charge in [-0.2, -0.15) is 0 Å². The van der Waals surface area contributed by atoms with Crippen LogP contribution in [0.3, 0.4) is 0 Å². The van der Waals surface area contributed by atoms with E-state index in [4.69, 9.17) is 0 Å². The van der Waals surface area contributed by atoms with Crippen LogP contribution in [0.4, 0.5) is 0 Å². The highest BCUT2D eigenvalue weighted by Crippen LogP contribution is 2.20. The second kappa shape index (κ2) is 11.2. The van der Waals surface area contributed by atoms with Crippen molar-refractivity contribution >= 4 is 23.2 Å². The highest BCUT2D eigenvalue weighted by Gasteiger charge is 2.07. The molecule has 0 aliphatic heterocycles. The zero-order valence-corrected chi connectivity index (χ0v) is 16.7. The predicted octanol–water partition coefficient (Wildman–Crippen LogP) is 2.93. The van der Waals surface area contributed by atoms with E-state index in [-0.39, 0.29) is 11.7 Å². The van der Waals surface area contributed by atoms with E-state index in [0.717, 1.165) is 25.5 Å². The molecule has 2 rings (SSSR count). The maximum Gasteiger partial charge on any atom is 0.251 e. The molecule has 4 N–H and O–H groups in total. The summed E-state index contributed by atoms with van der Waals surface area (Å²) in [5.74, 6) is 1.09. The van der Waals surface area contributed by atoms with E-state index in [1.807, 2.05) is 6.92 Å². The number of nitrogens with one attached hydrogen (secondary N) is 3. The summed E-state index contributed by atoms with van der Waals surface area (Å²) in [6.07, 6.45) is 0.773. The topological polar surface area (TPSA) is 85.8 Å². The summed E-state index contributed by atoms with van der Waals surface area (Å²) < 4.78 is 0. The molecule has 1 aromatic carbocycles. The molecule has 0 saturated heterocycles. The van der Waals surface area contributed by atoms with Crippen molar-refractivity contribution in [1.29, 1.82) is 0 Å². The molecule has 0 bridgehead atoms. The number of carbonyl (C=O) groups is 1. The Hall–Kier alpha value is -2.54. The largest absolute Gasteiger partial charge is 0.508 e. The van der Waals surface area contributed by atoms with Crippen molar-refractivity contribution in [2.45, 2.75) is 26.2 Å². The number of nitrogens with zero attached hydrogens (tertiary/aromatic N) is 1. The van der Waals surface area contributed by atoms with E-state index < -0.39 is 0 Å². The Kier molecular flexibility index (Phi) is 8.64. The van der Waals surface area contributed by atoms with Gasteiger partial charge in [0.25, 0.3) is 5.91 Å². The Balaban J connectivity index is 1.71. The lowest BCUT2D eigenvalue weighted by atomic mass is 10.1. The lowest BCUT2D eigenvalue weighted by Crippen LogP contribution is -2.39. The van der Waals surface area contributed by atoms with Crippen LogP contribution in [0.5, 0.6) is 5.75 Å². The Bertz CT molecular complexity index is 731. The van der Waals surface area contributed by atoms with Crippen LogP contribution in [-0.2, 0) is 0 Å². The number of rotatable bonds is 9. The van der Waals surface area contributed by atoms with Gasteiger partial charge >= 0.3 is 0 Å². The number of carbonyl (C=O) groups excluding carboxylic acids is 1. The molecule has 1 heterocycles. The number of hydrogen-bond acceptors (Lipinski definition) is 4. The first kappa shape index (κ1) is 20.8. The molecule has 7 heteroatoms. The normalized spacial score (nSPS) is 12.4. The van der Waals surface area contributed by atoms with Gasteiger partial charge in [-0.25, -0.2) is 0 Å². The molecule has 27 heavy (non-hydrogen) atoms. The molecule has 0 spiro atoms. The molecule has 1 unspecified atom stereocenters. The molecule has 0 fully saturated rings. The van der Waals surface area contributed by atoms with Gasteiger partial charge in [0.05, 0.1) is 6.54 Å². The van der Waals surface area contributed by atoms with Gasteiger partial charge in [0.2, 0.25) is 0 Å². The molecule has 1 atom stereocenters. The number of phenols is 1. The Morgan fingerprint density at radius 3 is 2.70 bits per heavy atom. The number of amides is 1. The van der Waals surface area contributed by atoms with E-state index in [1.165, 1.54) is 10.9 Å². The lowest BCUT2D eigenvalue weighted by Gasteiger charge is -2.13. The minimum atomic E-state index is -0.184. The van der Waals surface area contributed by atoms with Crippen molar-refractivity contribution in [3.63, 3.8) is 0 Å². The molecule has 0 aliphatic carbocycles. The standard InChI is InChI=1S/C20H28N4O2S/c1-3-21-20(24-14-15(2)18-9-5-12-27-18)23-11-6-10-22-19(26)16-7-4-8-17(25)13-16/h4-5,7-9,12-13,15,25H,3,6,10-11,14H2,1-2H3,(H,22,26)(H2,21,23,24). The first-order chi connectivity index (χ1) is 13.1. The predicted molar refractivity (Wildman–Crippen MR) is 112 cm³/mol. The van der Waals surface area contributed by atoms with Crippen LogP contribution in [-0.4, -0.2) is 43.2 Å². The van der Waals surface area contributed by atoms with Gasteiger partial charge < -0.3 is 21.1 Å². The van der Waals surface area contributed by atoms with Crippen LogP contribution >= 0.6 is 11.3 Å². The lowest BCUT2D eigenvalue weighted by molar-refractivity contribution is 0.0953. The Labute approximate surface area is 164 Å². The van der Waals surface area contributed by atoms with Gasteiger partial charge in [0.1, 0.15) is 5.75 Å². The molecule has 2 aromatic rings. The fraction of sp³-hybridized carbons (Fsp3) is 0.400. The monoisotopic (exact) mass is 388 g/mol. The number of phenolic OH excluding ortho intramolecular Hbond substituents is 1. The minimum Gasteiger partial charge on any atom is -0.508 e. The molecule has 1 aromatic heterocycles. The first-order valence-corrected chi connectivity index (χ1v) is 10.1.